The van der Waals surface area contributed by atoms with Gasteiger partial charge in [0.15, 0.2) is 0 Å². The SMILES string of the molecule is CN(C)C(=O)c1cccc2ccncc12. The van der Waals surface area contributed by atoms with Gasteiger partial charge in [-0.25, -0.2) is 0 Å². The van der Waals surface area contributed by atoms with Crippen LogP contribution in [0.5, 0.6) is 0 Å². The first-order valence-electron chi connectivity index (χ1n) is 4.74. The van der Waals surface area contributed by atoms with E-state index in [1.165, 1.54) is 0 Å². The van der Waals surface area contributed by atoms with Gasteiger partial charge in [-0.3, -0.25) is 9.78 Å². The molecule has 0 unspecified atom stereocenters. The smallest absolute Gasteiger partial charge is 0.254 e. The molecule has 3 heteroatoms. The molecule has 0 saturated heterocycles. The second kappa shape index (κ2) is 3.69. The van der Waals surface area contributed by atoms with E-state index in [2.05, 4.69) is 4.98 Å². The Morgan fingerprint density at radius 1 is 1.27 bits per heavy atom. The Hall–Kier alpha value is -1.90. The average molecular weight is 200 g/mol. The van der Waals surface area contributed by atoms with Gasteiger partial charge < -0.3 is 4.90 Å². The predicted molar refractivity (Wildman–Crippen MR) is 59.8 cm³/mol. The second-order valence-corrected chi connectivity index (χ2v) is 3.60. The summed E-state index contributed by atoms with van der Waals surface area (Å²) >= 11 is 0. The molecule has 0 atom stereocenters. The molecule has 76 valence electrons. The number of benzene rings is 1. The van der Waals surface area contributed by atoms with Crippen molar-refractivity contribution in [1.82, 2.24) is 9.88 Å². The van der Waals surface area contributed by atoms with Crippen molar-refractivity contribution in [3.05, 3.63) is 42.2 Å². The van der Waals surface area contributed by atoms with Crippen LogP contribution in [-0.2, 0) is 0 Å². The number of hydrogen-bond acceptors (Lipinski definition) is 2. The van der Waals surface area contributed by atoms with Gasteiger partial charge in [0.2, 0.25) is 0 Å². The molecule has 0 N–H and O–H groups in total. The van der Waals surface area contributed by atoms with Crippen molar-refractivity contribution in [3.8, 4) is 0 Å². The van der Waals surface area contributed by atoms with Gasteiger partial charge in [0.25, 0.3) is 5.91 Å². The van der Waals surface area contributed by atoms with Crippen molar-refractivity contribution >= 4 is 16.7 Å². The number of carbonyl (C=O) groups excluding carboxylic acids is 1. The number of amides is 1. The second-order valence-electron chi connectivity index (χ2n) is 3.60. The van der Waals surface area contributed by atoms with E-state index < -0.39 is 0 Å². The summed E-state index contributed by atoms with van der Waals surface area (Å²) in [6.45, 7) is 0. The summed E-state index contributed by atoms with van der Waals surface area (Å²) in [5.74, 6) is 0.00796. The van der Waals surface area contributed by atoms with Crippen molar-refractivity contribution in [2.45, 2.75) is 0 Å². The highest BCUT2D eigenvalue weighted by Crippen LogP contribution is 2.18. The van der Waals surface area contributed by atoms with Crippen LogP contribution in [-0.4, -0.2) is 29.9 Å². The minimum absolute atomic E-state index is 0.00796. The fourth-order valence-electron chi connectivity index (χ4n) is 1.54. The van der Waals surface area contributed by atoms with Crippen LogP contribution < -0.4 is 0 Å². The number of fused-ring (bicyclic) bond motifs is 1. The summed E-state index contributed by atoms with van der Waals surface area (Å²) in [5, 5.41) is 1.94. The molecular formula is C12H12N2O. The molecule has 0 aliphatic carbocycles. The lowest BCUT2D eigenvalue weighted by Crippen LogP contribution is -2.21. The lowest BCUT2D eigenvalue weighted by molar-refractivity contribution is 0.0829. The van der Waals surface area contributed by atoms with Crippen LogP contribution >= 0.6 is 0 Å². The molecular weight excluding hydrogens is 188 g/mol. The van der Waals surface area contributed by atoms with Crippen LogP contribution in [0.25, 0.3) is 10.8 Å². The highest BCUT2D eigenvalue weighted by molar-refractivity contribution is 6.06. The minimum Gasteiger partial charge on any atom is -0.345 e. The Balaban J connectivity index is 2.66. The van der Waals surface area contributed by atoms with Gasteiger partial charge in [-0.2, -0.15) is 0 Å². The highest BCUT2D eigenvalue weighted by Gasteiger charge is 2.10. The number of hydrogen-bond donors (Lipinski definition) is 0. The van der Waals surface area contributed by atoms with Gasteiger partial charge in [0.1, 0.15) is 0 Å². The molecule has 0 spiro atoms. The molecule has 3 nitrogen and oxygen atoms in total. The molecule has 1 heterocycles. The monoisotopic (exact) mass is 200 g/mol. The van der Waals surface area contributed by atoms with E-state index in [1.807, 2.05) is 24.3 Å². The van der Waals surface area contributed by atoms with E-state index in [4.69, 9.17) is 0 Å². The molecule has 0 radical (unpaired) electrons. The zero-order valence-electron chi connectivity index (χ0n) is 8.77. The van der Waals surface area contributed by atoms with E-state index in [-0.39, 0.29) is 5.91 Å². The van der Waals surface area contributed by atoms with Crippen molar-refractivity contribution in [2.75, 3.05) is 14.1 Å². The molecule has 1 amide bonds. The van der Waals surface area contributed by atoms with Crippen molar-refractivity contribution in [2.24, 2.45) is 0 Å². The van der Waals surface area contributed by atoms with Crippen molar-refractivity contribution < 1.29 is 4.79 Å². The Kier molecular flexibility index (Phi) is 2.37. The van der Waals surface area contributed by atoms with Gasteiger partial charge in [0.05, 0.1) is 0 Å². The maximum atomic E-state index is 11.9. The largest absolute Gasteiger partial charge is 0.345 e. The fraction of sp³-hybridized carbons (Fsp3) is 0.167. The van der Waals surface area contributed by atoms with Gasteiger partial charge in [-0.05, 0) is 17.5 Å². The van der Waals surface area contributed by atoms with Crippen molar-refractivity contribution in [3.63, 3.8) is 0 Å². The highest BCUT2D eigenvalue weighted by atomic mass is 16.2. The molecule has 2 rings (SSSR count). The van der Waals surface area contributed by atoms with E-state index in [0.717, 1.165) is 10.8 Å². The zero-order valence-corrected chi connectivity index (χ0v) is 8.77. The maximum absolute atomic E-state index is 11.9. The topological polar surface area (TPSA) is 33.2 Å². The zero-order chi connectivity index (χ0) is 10.8. The van der Waals surface area contributed by atoms with E-state index in [9.17, 15) is 4.79 Å². The normalized spacial score (nSPS) is 10.3. The number of pyridine rings is 1. The summed E-state index contributed by atoms with van der Waals surface area (Å²) in [7, 11) is 3.50. The van der Waals surface area contributed by atoms with Gasteiger partial charge >= 0.3 is 0 Å². The summed E-state index contributed by atoms with van der Waals surface area (Å²) in [6.07, 6.45) is 3.46. The average Bonchev–Trinajstić information content (AvgIpc) is 2.27. The molecule has 0 saturated carbocycles. The fourth-order valence-corrected chi connectivity index (χ4v) is 1.54. The first kappa shape index (κ1) is 9.65. The number of rotatable bonds is 1. The van der Waals surface area contributed by atoms with E-state index >= 15 is 0 Å². The Labute approximate surface area is 88.3 Å². The summed E-state index contributed by atoms with van der Waals surface area (Å²) in [5.41, 5.74) is 0.700. The number of carbonyl (C=O) groups is 1. The first-order valence-corrected chi connectivity index (χ1v) is 4.74. The lowest BCUT2D eigenvalue weighted by atomic mass is 10.1. The molecule has 15 heavy (non-hydrogen) atoms. The molecule has 2 aromatic rings. The van der Waals surface area contributed by atoms with Crippen LogP contribution in [0, 0.1) is 0 Å². The van der Waals surface area contributed by atoms with Crippen LogP contribution in [0.15, 0.2) is 36.7 Å². The van der Waals surface area contributed by atoms with Crippen molar-refractivity contribution in [1.29, 1.82) is 0 Å². The Morgan fingerprint density at radius 2 is 2.07 bits per heavy atom. The lowest BCUT2D eigenvalue weighted by Gasteiger charge is -2.11. The third-order valence-electron chi connectivity index (χ3n) is 2.32. The number of aromatic nitrogens is 1. The van der Waals surface area contributed by atoms with Gasteiger partial charge in [-0.15, -0.1) is 0 Å². The number of nitrogens with zero attached hydrogens (tertiary/aromatic N) is 2. The summed E-state index contributed by atoms with van der Waals surface area (Å²) in [6, 6.07) is 7.59. The van der Waals surface area contributed by atoms with E-state index in [1.54, 1.807) is 31.4 Å². The third kappa shape index (κ3) is 1.68. The van der Waals surface area contributed by atoms with Gasteiger partial charge in [-0.1, -0.05) is 12.1 Å². The molecule has 1 aromatic carbocycles. The summed E-state index contributed by atoms with van der Waals surface area (Å²) < 4.78 is 0. The predicted octanol–water partition coefficient (Wildman–Crippen LogP) is 1.94. The summed E-state index contributed by atoms with van der Waals surface area (Å²) in [4.78, 5) is 17.5. The van der Waals surface area contributed by atoms with E-state index in [0.29, 0.717) is 5.56 Å². The minimum atomic E-state index is 0.00796. The molecule has 0 aliphatic rings. The Morgan fingerprint density at radius 3 is 2.80 bits per heavy atom. The van der Waals surface area contributed by atoms with Crippen LogP contribution in [0.2, 0.25) is 0 Å². The quantitative estimate of drug-likeness (QED) is 0.704. The Bertz CT molecular complexity index is 500. The van der Waals surface area contributed by atoms with Crippen LogP contribution in [0.1, 0.15) is 10.4 Å². The first-order chi connectivity index (χ1) is 7.20. The van der Waals surface area contributed by atoms with Crippen LogP contribution in [0.3, 0.4) is 0 Å². The molecule has 0 aliphatic heterocycles. The standard InChI is InChI=1S/C12H12N2O/c1-14(2)12(15)10-5-3-4-9-6-7-13-8-11(9)10/h3-8H,1-2H3. The van der Waals surface area contributed by atoms with Gasteiger partial charge in [0, 0.05) is 37.4 Å². The maximum Gasteiger partial charge on any atom is 0.254 e. The van der Waals surface area contributed by atoms with Crippen LogP contribution in [0.4, 0.5) is 0 Å². The molecule has 0 fully saturated rings. The third-order valence-corrected chi connectivity index (χ3v) is 2.32. The molecule has 1 aromatic heterocycles. The molecule has 0 bridgehead atoms.